The first-order chi connectivity index (χ1) is 9.81. The Morgan fingerprint density at radius 1 is 1.10 bits per heavy atom. The van der Waals surface area contributed by atoms with Crippen molar-refractivity contribution < 1.29 is 4.39 Å². The average Bonchev–Trinajstić information content (AvgIpc) is 3.11. The second kappa shape index (κ2) is 6.55. The number of hydrogen-bond acceptors (Lipinski definition) is 3. The minimum atomic E-state index is -0.177. The highest BCUT2D eigenvalue weighted by Crippen LogP contribution is 2.20. The van der Waals surface area contributed by atoms with Gasteiger partial charge in [-0.15, -0.1) is 0 Å². The third-order valence-corrected chi connectivity index (χ3v) is 4.51. The van der Waals surface area contributed by atoms with E-state index in [2.05, 4.69) is 15.1 Å². The lowest BCUT2D eigenvalue weighted by Crippen LogP contribution is -2.36. The minimum Gasteiger partial charge on any atom is -0.384 e. The van der Waals surface area contributed by atoms with Crippen molar-refractivity contribution in [1.82, 2.24) is 9.80 Å². The zero-order valence-corrected chi connectivity index (χ0v) is 12.0. The van der Waals surface area contributed by atoms with E-state index in [1.165, 1.54) is 57.6 Å². The van der Waals surface area contributed by atoms with Crippen molar-refractivity contribution in [3.8, 4) is 0 Å². The molecule has 1 unspecified atom stereocenters. The number of hydrogen-bond donors (Lipinski definition) is 1. The lowest BCUT2D eigenvalue weighted by Gasteiger charge is -2.23. The fourth-order valence-corrected chi connectivity index (χ4v) is 3.35. The zero-order chi connectivity index (χ0) is 13.8. The Morgan fingerprint density at radius 3 is 2.60 bits per heavy atom. The Balaban J connectivity index is 1.38. The van der Waals surface area contributed by atoms with Crippen molar-refractivity contribution in [2.75, 3.05) is 44.6 Å². The van der Waals surface area contributed by atoms with Gasteiger partial charge in [-0.1, -0.05) is 0 Å². The van der Waals surface area contributed by atoms with Crippen LogP contribution in [0.1, 0.15) is 19.3 Å². The number of nitrogens with one attached hydrogen (secondary N) is 1. The topological polar surface area (TPSA) is 18.5 Å². The smallest absolute Gasteiger partial charge is 0.123 e. The van der Waals surface area contributed by atoms with Gasteiger partial charge in [-0.05, 0) is 63.2 Å². The third-order valence-electron chi connectivity index (χ3n) is 4.51. The molecule has 4 heteroatoms. The van der Waals surface area contributed by atoms with Crippen molar-refractivity contribution in [3.05, 3.63) is 30.1 Å². The van der Waals surface area contributed by atoms with Crippen molar-refractivity contribution in [2.45, 2.75) is 25.3 Å². The molecule has 1 atom stereocenters. The molecule has 1 aromatic carbocycles. The molecule has 0 bridgehead atoms. The van der Waals surface area contributed by atoms with Gasteiger partial charge in [0, 0.05) is 31.4 Å². The summed E-state index contributed by atoms with van der Waals surface area (Å²) in [4.78, 5) is 5.20. The van der Waals surface area contributed by atoms with Gasteiger partial charge >= 0.3 is 0 Å². The van der Waals surface area contributed by atoms with E-state index in [0.29, 0.717) is 0 Å². The molecule has 1 N–H and O–H groups in total. The molecule has 0 amide bonds. The van der Waals surface area contributed by atoms with Gasteiger partial charge in [0.05, 0.1) is 0 Å². The van der Waals surface area contributed by atoms with Gasteiger partial charge in [-0.2, -0.15) is 0 Å². The SMILES string of the molecule is Fc1ccc(NCCN2CCC(N3CCCC3)C2)cc1. The fraction of sp³-hybridized carbons (Fsp3) is 0.625. The van der Waals surface area contributed by atoms with Gasteiger partial charge in [0.15, 0.2) is 0 Å². The molecule has 2 aliphatic rings. The number of nitrogens with zero attached hydrogens (tertiary/aromatic N) is 2. The van der Waals surface area contributed by atoms with E-state index in [9.17, 15) is 4.39 Å². The van der Waals surface area contributed by atoms with Crippen LogP contribution in [0, 0.1) is 5.82 Å². The summed E-state index contributed by atoms with van der Waals surface area (Å²) in [6.07, 6.45) is 4.07. The lowest BCUT2D eigenvalue weighted by atomic mass is 10.2. The van der Waals surface area contributed by atoms with Crippen molar-refractivity contribution in [1.29, 1.82) is 0 Å². The Bertz CT molecular complexity index is 414. The minimum absolute atomic E-state index is 0.177. The standard InChI is InChI=1S/C16H24FN3/c17-14-3-5-15(6-4-14)18-8-12-19-11-7-16(13-19)20-9-1-2-10-20/h3-6,16,18H,1-2,7-13H2. The Morgan fingerprint density at radius 2 is 1.85 bits per heavy atom. The van der Waals surface area contributed by atoms with E-state index in [-0.39, 0.29) is 5.82 Å². The molecule has 2 fully saturated rings. The largest absolute Gasteiger partial charge is 0.384 e. The highest BCUT2D eigenvalue weighted by atomic mass is 19.1. The van der Waals surface area contributed by atoms with Crippen molar-refractivity contribution in [3.63, 3.8) is 0 Å². The molecule has 0 aliphatic carbocycles. The second-order valence-corrected chi connectivity index (χ2v) is 5.92. The normalized spacial score (nSPS) is 24.4. The van der Waals surface area contributed by atoms with Gasteiger partial charge in [0.1, 0.15) is 5.82 Å². The van der Waals surface area contributed by atoms with Crippen LogP contribution in [0.4, 0.5) is 10.1 Å². The molecule has 2 heterocycles. The first-order valence-corrected chi connectivity index (χ1v) is 7.77. The molecular formula is C16H24FN3. The summed E-state index contributed by atoms with van der Waals surface area (Å²) in [6, 6.07) is 7.38. The number of likely N-dealkylation sites (tertiary alicyclic amines) is 2. The maximum Gasteiger partial charge on any atom is 0.123 e. The molecule has 3 nitrogen and oxygen atoms in total. The molecule has 110 valence electrons. The van der Waals surface area contributed by atoms with Gasteiger partial charge in [-0.25, -0.2) is 4.39 Å². The van der Waals surface area contributed by atoms with Crippen LogP contribution in [0.25, 0.3) is 0 Å². The predicted molar refractivity (Wildman–Crippen MR) is 80.5 cm³/mol. The van der Waals surface area contributed by atoms with Crippen LogP contribution in [0.5, 0.6) is 0 Å². The van der Waals surface area contributed by atoms with Crippen LogP contribution < -0.4 is 5.32 Å². The number of rotatable bonds is 5. The molecule has 2 aliphatic heterocycles. The third kappa shape index (κ3) is 3.49. The van der Waals surface area contributed by atoms with Gasteiger partial charge in [0.2, 0.25) is 0 Å². The molecule has 0 saturated carbocycles. The summed E-state index contributed by atoms with van der Waals surface area (Å²) < 4.78 is 12.8. The van der Waals surface area contributed by atoms with Crippen molar-refractivity contribution in [2.24, 2.45) is 0 Å². The molecular weight excluding hydrogens is 253 g/mol. The van der Waals surface area contributed by atoms with E-state index >= 15 is 0 Å². The highest BCUT2D eigenvalue weighted by Gasteiger charge is 2.28. The van der Waals surface area contributed by atoms with E-state index < -0.39 is 0 Å². The first-order valence-electron chi connectivity index (χ1n) is 7.77. The average molecular weight is 277 g/mol. The summed E-state index contributed by atoms with van der Waals surface area (Å²) in [6.45, 7) is 7.02. The summed E-state index contributed by atoms with van der Waals surface area (Å²) in [7, 11) is 0. The summed E-state index contributed by atoms with van der Waals surface area (Å²) in [5.74, 6) is -0.177. The first kappa shape index (κ1) is 13.8. The van der Waals surface area contributed by atoms with Crippen LogP contribution >= 0.6 is 0 Å². The summed E-state index contributed by atoms with van der Waals surface area (Å²) in [5.41, 5.74) is 1.00. The van der Waals surface area contributed by atoms with Gasteiger partial charge in [-0.3, -0.25) is 9.80 Å². The van der Waals surface area contributed by atoms with E-state index in [4.69, 9.17) is 0 Å². The summed E-state index contributed by atoms with van der Waals surface area (Å²) in [5, 5.41) is 3.36. The number of benzene rings is 1. The quantitative estimate of drug-likeness (QED) is 0.891. The predicted octanol–water partition coefficient (Wildman–Crippen LogP) is 2.41. The molecule has 0 aromatic heterocycles. The monoisotopic (exact) mass is 277 g/mol. The highest BCUT2D eigenvalue weighted by molar-refractivity contribution is 5.42. The van der Waals surface area contributed by atoms with E-state index in [1.54, 1.807) is 12.1 Å². The number of halogens is 1. The van der Waals surface area contributed by atoms with Gasteiger partial charge in [0.25, 0.3) is 0 Å². The fourth-order valence-electron chi connectivity index (χ4n) is 3.35. The van der Waals surface area contributed by atoms with E-state index in [0.717, 1.165) is 24.8 Å². The Hall–Kier alpha value is -1.13. The van der Waals surface area contributed by atoms with Crippen LogP contribution in [-0.2, 0) is 0 Å². The maximum atomic E-state index is 12.8. The molecule has 20 heavy (non-hydrogen) atoms. The maximum absolute atomic E-state index is 12.8. The number of anilines is 1. The van der Waals surface area contributed by atoms with Gasteiger partial charge < -0.3 is 5.32 Å². The lowest BCUT2D eigenvalue weighted by molar-refractivity contribution is 0.234. The molecule has 3 rings (SSSR count). The van der Waals surface area contributed by atoms with Crippen LogP contribution in [0.15, 0.2) is 24.3 Å². The van der Waals surface area contributed by atoms with Crippen molar-refractivity contribution >= 4 is 5.69 Å². The van der Waals surface area contributed by atoms with E-state index in [1.807, 2.05) is 0 Å². The summed E-state index contributed by atoms with van der Waals surface area (Å²) >= 11 is 0. The van der Waals surface area contributed by atoms with Crippen LogP contribution in [0.3, 0.4) is 0 Å². The Kier molecular flexibility index (Phi) is 4.53. The molecule has 2 saturated heterocycles. The zero-order valence-electron chi connectivity index (χ0n) is 12.0. The van der Waals surface area contributed by atoms with Crippen LogP contribution in [0.2, 0.25) is 0 Å². The second-order valence-electron chi connectivity index (χ2n) is 5.92. The molecule has 0 spiro atoms. The Labute approximate surface area is 120 Å². The molecule has 1 aromatic rings. The van der Waals surface area contributed by atoms with Crippen LogP contribution in [-0.4, -0.2) is 55.1 Å². The molecule has 0 radical (unpaired) electrons.